The molecule has 28 heavy (non-hydrogen) atoms. The Morgan fingerprint density at radius 3 is 2.54 bits per heavy atom. The fraction of sp³-hybridized carbons (Fsp3) is 0.579. The van der Waals surface area contributed by atoms with Gasteiger partial charge in [-0.25, -0.2) is 13.2 Å². The lowest BCUT2D eigenvalue weighted by molar-refractivity contribution is -0.120. The van der Waals surface area contributed by atoms with Crippen LogP contribution in [0.25, 0.3) is 11.0 Å². The maximum absolute atomic E-state index is 14.0. The van der Waals surface area contributed by atoms with Gasteiger partial charge in [0.15, 0.2) is 17.5 Å². The number of benzene rings is 1. The van der Waals surface area contributed by atoms with Crippen LogP contribution in [0.1, 0.15) is 39.5 Å². The summed E-state index contributed by atoms with van der Waals surface area (Å²) in [6.07, 6.45) is 2.93. The number of nitrogens with one attached hydrogen (secondary N) is 1. The highest BCUT2D eigenvalue weighted by atomic mass is 19.2. The van der Waals surface area contributed by atoms with E-state index < -0.39 is 17.5 Å². The van der Waals surface area contributed by atoms with Crippen LogP contribution in [0.2, 0.25) is 0 Å². The number of carbonyl (C=O) groups is 1. The molecule has 1 atom stereocenters. The Balaban J connectivity index is 1.57. The van der Waals surface area contributed by atoms with Gasteiger partial charge in [-0.1, -0.05) is 0 Å². The molecule has 1 fully saturated rings. The Kier molecular flexibility index (Phi) is 6.12. The standard InChI is InChI=1S/C19H24F3N3O3/c1-10(23-11(2)26)9-27-12-4-6-13(7-5-12)28-19-24-15-8-14(20)16(21)17(22)18(15)25(19)3/h8,10,12-13H,4-7,9H2,1-3H3,(H,23,26)/t10-,12?,13?/m0/s1. The Morgan fingerprint density at radius 2 is 1.89 bits per heavy atom. The summed E-state index contributed by atoms with van der Waals surface area (Å²) >= 11 is 0. The van der Waals surface area contributed by atoms with Crippen molar-refractivity contribution < 1.29 is 27.4 Å². The molecule has 1 amide bonds. The summed E-state index contributed by atoms with van der Waals surface area (Å²) in [4.78, 5) is 15.1. The second kappa shape index (κ2) is 8.38. The predicted octanol–water partition coefficient (Wildman–Crippen LogP) is 3.22. The third kappa shape index (κ3) is 4.40. The topological polar surface area (TPSA) is 65.4 Å². The van der Waals surface area contributed by atoms with Gasteiger partial charge in [0.25, 0.3) is 6.01 Å². The van der Waals surface area contributed by atoms with Crippen molar-refractivity contribution in [1.82, 2.24) is 14.9 Å². The quantitative estimate of drug-likeness (QED) is 0.758. The van der Waals surface area contributed by atoms with Crippen molar-refractivity contribution in [1.29, 1.82) is 0 Å². The van der Waals surface area contributed by atoms with Crippen molar-refractivity contribution in [2.75, 3.05) is 6.61 Å². The lowest BCUT2D eigenvalue weighted by Crippen LogP contribution is -2.37. The number of hydrogen-bond donors (Lipinski definition) is 1. The summed E-state index contributed by atoms with van der Waals surface area (Å²) in [6.45, 7) is 3.79. The molecular formula is C19H24F3N3O3. The fourth-order valence-electron chi connectivity index (χ4n) is 3.49. The minimum absolute atomic E-state index is 0.0119. The van der Waals surface area contributed by atoms with Crippen LogP contribution in [-0.4, -0.2) is 40.3 Å². The van der Waals surface area contributed by atoms with Gasteiger partial charge in [-0.2, -0.15) is 4.98 Å². The number of nitrogens with zero attached hydrogens (tertiary/aromatic N) is 2. The van der Waals surface area contributed by atoms with E-state index >= 15 is 0 Å². The molecule has 0 unspecified atom stereocenters. The summed E-state index contributed by atoms with van der Waals surface area (Å²) < 4.78 is 53.9. The smallest absolute Gasteiger partial charge is 0.297 e. The molecule has 2 aromatic rings. The Bertz CT molecular complexity index is 863. The molecule has 1 saturated carbocycles. The van der Waals surface area contributed by atoms with Crippen molar-refractivity contribution in [3.63, 3.8) is 0 Å². The number of ether oxygens (including phenoxy) is 2. The van der Waals surface area contributed by atoms with Gasteiger partial charge < -0.3 is 14.8 Å². The Labute approximate surface area is 161 Å². The largest absolute Gasteiger partial charge is 0.461 e. The normalized spacial score (nSPS) is 20.9. The van der Waals surface area contributed by atoms with Crippen LogP contribution in [0.5, 0.6) is 6.01 Å². The highest BCUT2D eigenvalue weighted by Gasteiger charge is 2.26. The van der Waals surface area contributed by atoms with Crippen molar-refractivity contribution in [3.8, 4) is 6.01 Å². The van der Waals surface area contributed by atoms with E-state index in [1.165, 1.54) is 18.5 Å². The van der Waals surface area contributed by atoms with Crippen LogP contribution in [0.15, 0.2) is 6.07 Å². The molecule has 3 rings (SSSR count). The average molecular weight is 399 g/mol. The number of imidazole rings is 1. The van der Waals surface area contributed by atoms with E-state index in [-0.39, 0.29) is 41.2 Å². The van der Waals surface area contributed by atoms with Crippen molar-refractivity contribution in [2.24, 2.45) is 7.05 Å². The zero-order chi connectivity index (χ0) is 20.4. The summed E-state index contributed by atoms with van der Waals surface area (Å²) in [6, 6.07) is 0.936. The molecule has 0 radical (unpaired) electrons. The van der Waals surface area contributed by atoms with Gasteiger partial charge in [0.1, 0.15) is 11.6 Å². The van der Waals surface area contributed by atoms with Crippen molar-refractivity contribution >= 4 is 16.9 Å². The monoisotopic (exact) mass is 399 g/mol. The summed E-state index contributed by atoms with van der Waals surface area (Å²) in [5.74, 6) is -4.16. The zero-order valence-electron chi connectivity index (χ0n) is 16.1. The van der Waals surface area contributed by atoms with Crippen molar-refractivity contribution in [2.45, 2.75) is 57.8 Å². The lowest BCUT2D eigenvalue weighted by atomic mass is 9.95. The van der Waals surface area contributed by atoms with E-state index in [0.29, 0.717) is 19.4 Å². The average Bonchev–Trinajstić information content (AvgIpc) is 2.94. The number of hydrogen-bond acceptors (Lipinski definition) is 4. The van der Waals surface area contributed by atoms with E-state index in [1.54, 1.807) is 0 Å². The van der Waals surface area contributed by atoms with Crippen LogP contribution in [0.4, 0.5) is 13.2 Å². The summed E-state index contributed by atoms with van der Waals surface area (Å²) in [5, 5.41) is 2.77. The van der Waals surface area contributed by atoms with E-state index in [0.717, 1.165) is 18.9 Å². The number of halogens is 3. The molecule has 1 N–H and O–H groups in total. The first kappa shape index (κ1) is 20.4. The van der Waals surface area contributed by atoms with Crippen LogP contribution >= 0.6 is 0 Å². The van der Waals surface area contributed by atoms with Crippen LogP contribution in [0, 0.1) is 17.5 Å². The minimum atomic E-state index is -1.52. The van der Waals surface area contributed by atoms with E-state index in [9.17, 15) is 18.0 Å². The van der Waals surface area contributed by atoms with Gasteiger partial charge in [-0.05, 0) is 32.6 Å². The summed E-state index contributed by atoms with van der Waals surface area (Å²) in [7, 11) is 1.50. The van der Waals surface area contributed by atoms with Gasteiger partial charge in [0.2, 0.25) is 5.91 Å². The third-order valence-corrected chi connectivity index (χ3v) is 4.88. The second-order valence-corrected chi connectivity index (χ2v) is 7.26. The van der Waals surface area contributed by atoms with Gasteiger partial charge in [-0.15, -0.1) is 0 Å². The number of aryl methyl sites for hydroxylation is 1. The molecule has 0 spiro atoms. The highest BCUT2D eigenvalue weighted by Crippen LogP contribution is 2.29. The van der Waals surface area contributed by atoms with Crippen molar-refractivity contribution in [3.05, 3.63) is 23.5 Å². The lowest BCUT2D eigenvalue weighted by Gasteiger charge is -2.29. The predicted molar refractivity (Wildman–Crippen MR) is 96.5 cm³/mol. The molecule has 0 aliphatic heterocycles. The summed E-state index contributed by atoms with van der Waals surface area (Å²) in [5.41, 5.74) is -0.115. The first-order valence-corrected chi connectivity index (χ1v) is 9.31. The molecule has 1 aromatic heterocycles. The van der Waals surface area contributed by atoms with Gasteiger partial charge >= 0.3 is 0 Å². The number of aromatic nitrogens is 2. The SMILES string of the molecule is CC(=O)N[C@@H](C)COC1CCC(Oc2nc3cc(F)c(F)c(F)c3n2C)CC1. The third-order valence-electron chi connectivity index (χ3n) is 4.88. The van der Waals surface area contributed by atoms with Gasteiger partial charge in [0.05, 0.1) is 18.2 Å². The maximum Gasteiger partial charge on any atom is 0.297 e. The molecule has 154 valence electrons. The van der Waals surface area contributed by atoms with E-state index in [1.807, 2.05) is 6.92 Å². The molecule has 0 saturated heterocycles. The highest BCUT2D eigenvalue weighted by molar-refractivity contribution is 5.77. The number of carbonyl (C=O) groups excluding carboxylic acids is 1. The van der Waals surface area contributed by atoms with Crippen LogP contribution in [0.3, 0.4) is 0 Å². The van der Waals surface area contributed by atoms with Gasteiger partial charge in [0, 0.05) is 26.1 Å². The molecular weight excluding hydrogens is 375 g/mol. The molecule has 1 aliphatic rings. The molecule has 1 aromatic carbocycles. The molecule has 0 bridgehead atoms. The molecule has 9 heteroatoms. The van der Waals surface area contributed by atoms with E-state index in [2.05, 4.69) is 10.3 Å². The van der Waals surface area contributed by atoms with Crippen LogP contribution in [-0.2, 0) is 16.6 Å². The minimum Gasteiger partial charge on any atom is -0.461 e. The van der Waals surface area contributed by atoms with Gasteiger partial charge in [-0.3, -0.25) is 9.36 Å². The first-order valence-electron chi connectivity index (χ1n) is 9.31. The number of rotatable bonds is 6. The fourth-order valence-corrected chi connectivity index (χ4v) is 3.49. The zero-order valence-corrected chi connectivity index (χ0v) is 16.1. The maximum atomic E-state index is 14.0. The van der Waals surface area contributed by atoms with Crippen LogP contribution < -0.4 is 10.1 Å². The Hall–Kier alpha value is -2.29. The Morgan fingerprint density at radius 1 is 1.25 bits per heavy atom. The molecule has 6 nitrogen and oxygen atoms in total. The first-order chi connectivity index (χ1) is 13.3. The molecule has 1 aliphatic carbocycles. The second-order valence-electron chi connectivity index (χ2n) is 7.26. The van der Waals surface area contributed by atoms with E-state index in [4.69, 9.17) is 9.47 Å². The molecule has 1 heterocycles. The number of fused-ring (bicyclic) bond motifs is 1. The number of amides is 1.